The van der Waals surface area contributed by atoms with Crippen LogP contribution in [0, 0.1) is 0 Å². The smallest absolute Gasteiger partial charge is 0.172 e. The number of nitrogens with zero attached hydrogens (tertiary/aromatic N) is 2. The minimum atomic E-state index is 0.700. The van der Waals surface area contributed by atoms with E-state index in [-0.39, 0.29) is 0 Å². The fourth-order valence-corrected chi connectivity index (χ4v) is 2.25. The molecule has 0 radical (unpaired) electrons. The molecule has 0 fully saturated rings. The van der Waals surface area contributed by atoms with E-state index < -0.39 is 0 Å². The molecule has 0 aliphatic carbocycles. The highest BCUT2D eigenvalue weighted by Crippen LogP contribution is 2.25. The number of aryl methyl sites for hydroxylation is 1. The lowest BCUT2D eigenvalue weighted by Crippen LogP contribution is -2.02. The Morgan fingerprint density at radius 1 is 1.31 bits per heavy atom. The summed E-state index contributed by atoms with van der Waals surface area (Å²) in [6.07, 6.45) is 4.70. The Bertz CT molecular complexity index is 448. The van der Waals surface area contributed by atoms with E-state index in [1.54, 1.807) is 11.8 Å². The van der Waals surface area contributed by atoms with E-state index in [0.717, 1.165) is 11.6 Å². The topological polar surface area (TPSA) is 43.8 Å². The van der Waals surface area contributed by atoms with E-state index in [4.69, 9.17) is 5.73 Å². The molecule has 0 aliphatic heterocycles. The van der Waals surface area contributed by atoms with Gasteiger partial charge in [-0.2, -0.15) is 0 Å². The zero-order valence-corrected chi connectivity index (χ0v) is 10.1. The van der Waals surface area contributed by atoms with Crippen molar-refractivity contribution < 1.29 is 0 Å². The molecule has 1 heterocycles. The molecule has 0 bridgehead atoms. The molecule has 2 N–H and O–H groups in total. The van der Waals surface area contributed by atoms with Crippen molar-refractivity contribution in [3.63, 3.8) is 0 Å². The standard InChI is InChI=1S/C12H15N3S/c1-15-9-8-14-12(15)16-11-4-2-10(3-5-11)6-7-13/h2-5,8-9H,6-7,13H2,1H3. The maximum absolute atomic E-state index is 5.51. The van der Waals surface area contributed by atoms with Gasteiger partial charge in [-0.15, -0.1) is 0 Å². The predicted octanol–water partition coefficient (Wildman–Crippen LogP) is 2.07. The largest absolute Gasteiger partial charge is 0.330 e. The summed E-state index contributed by atoms with van der Waals surface area (Å²) in [6.45, 7) is 0.700. The van der Waals surface area contributed by atoms with Gasteiger partial charge in [-0.25, -0.2) is 4.98 Å². The van der Waals surface area contributed by atoms with Crippen LogP contribution in [0.25, 0.3) is 0 Å². The first-order chi connectivity index (χ1) is 7.79. The SMILES string of the molecule is Cn1ccnc1Sc1ccc(CCN)cc1. The summed E-state index contributed by atoms with van der Waals surface area (Å²) in [4.78, 5) is 5.48. The Morgan fingerprint density at radius 3 is 2.62 bits per heavy atom. The number of hydrogen-bond acceptors (Lipinski definition) is 3. The third-order valence-corrected chi connectivity index (χ3v) is 3.43. The normalized spacial score (nSPS) is 10.6. The van der Waals surface area contributed by atoms with Gasteiger partial charge in [0.15, 0.2) is 5.16 Å². The molecule has 16 heavy (non-hydrogen) atoms. The quantitative estimate of drug-likeness (QED) is 0.879. The van der Waals surface area contributed by atoms with Crippen molar-refractivity contribution >= 4 is 11.8 Å². The highest BCUT2D eigenvalue weighted by atomic mass is 32.2. The molecule has 1 aromatic carbocycles. The third-order valence-electron chi connectivity index (χ3n) is 2.34. The van der Waals surface area contributed by atoms with Gasteiger partial charge >= 0.3 is 0 Å². The average Bonchev–Trinajstić information content (AvgIpc) is 2.68. The number of hydrogen-bond donors (Lipinski definition) is 1. The molecule has 0 aliphatic rings. The van der Waals surface area contributed by atoms with Crippen LogP contribution < -0.4 is 5.73 Å². The fourth-order valence-electron chi connectivity index (χ4n) is 1.45. The molecule has 1 aromatic heterocycles. The molecule has 0 amide bonds. The molecular weight excluding hydrogens is 218 g/mol. The second kappa shape index (κ2) is 5.18. The predicted molar refractivity (Wildman–Crippen MR) is 66.5 cm³/mol. The van der Waals surface area contributed by atoms with Crippen molar-refractivity contribution in [2.45, 2.75) is 16.5 Å². The van der Waals surface area contributed by atoms with Crippen LogP contribution in [-0.2, 0) is 13.5 Å². The second-order valence-electron chi connectivity index (χ2n) is 3.61. The van der Waals surface area contributed by atoms with Crippen LogP contribution in [0.15, 0.2) is 46.7 Å². The maximum Gasteiger partial charge on any atom is 0.172 e. The van der Waals surface area contributed by atoms with Gasteiger partial charge in [-0.05, 0) is 30.7 Å². The van der Waals surface area contributed by atoms with Gasteiger partial charge in [0.25, 0.3) is 0 Å². The van der Waals surface area contributed by atoms with Crippen LogP contribution in [0.1, 0.15) is 5.56 Å². The minimum absolute atomic E-state index is 0.700. The lowest BCUT2D eigenvalue weighted by molar-refractivity contribution is 0.790. The Balaban J connectivity index is 2.08. The summed E-state index contributed by atoms with van der Waals surface area (Å²) in [5, 5.41) is 1.01. The molecule has 4 heteroatoms. The highest BCUT2D eigenvalue weighted by Gasteiger charge is 2.01. The molecule has 0 spiro atoms. The molecule has 3 nitrogen and oxygen atoms in total. The van der Waals surface area contributed by atoms with E-state index in [0.29, 0.717) is 6.54 Å². The van der Waals surface area contributed by atoms with Gasteiger partial charge < -0.3 is 10.3 Å². The van der Waals surface area contributed by atoms with Crippen molar-refractivity contribution in [1.29, 1.82) is 0 Å². The summed E-state index contributed by atoms with van der Waals surface area (Å²) in [6, 6.07) is 8.48. The van der Waals surface area contributed by atoms with Gasteiger partial charge in [0.1, 0.15) is 0 Å². The molecule has 84 valence electrons. The molecule has 0 unspecified atom stereocenters. The summed E-state index contributed by atoms with van der Waals surface area (Å²) < 4.78 is 2.01. The molecule has 2 aromatic rings. The summed E-state index contributed by atoms with van der Waals surface area (Å²) in [5.74, 6) is 0. The minimum Gasteiger partial charge on any atom is -0.330 e. The zero-order valence-electron chi connectivity index (χ0n) is 9.26. The summed E-state index contributed by atoms with van der Waals surface area (Å²) in [7, 11) is 2.00. The van der Waals surface area contributed by atoms with Crippen LogP contribution in [0.5, 0.6) is 0 Å². The third kappa shape index (κ3) is 2.65. The Morgan fingerprint density at radius 2 is 2.06 bits per heavy atom. The zero-order chi connectivity index (χ0) is 11.4. The second-order valence-corrected chi connectivity index (χ2v) is 4.65. The number of imidazole rings is 1. The lowest BCUT2D eigenvalue weighted by atomic mass is 10.2. The van der Waals surface area contributed by atoms with Crippen molar-refractivity contribution in [1.82, 2.24) is 9.55 Å². The molecular formula is C12H15N3S. The number of aromatic nitrogens is 2. The Kier molecular flexibility index (Phi) is 3.64. The van der Waals surface area contributed by atoms with E-state index >= 15 is 0 Å². The molecule has 2 rings (SSSR count). The lowest BCUT2D eigenvalue weighted by Gasteiger charge is -2.03. The first-order valence-electron chi connectivity index (χ1n) is 5.24. The first-order valence-corrected chi connectivity index (χ1v) is 6.05. The van der Waals surface area contributed by atoms with E-state index in [1.165, 1.54) is 10.5 Å². The van der Waals surface area contributed by atoms with Crippen LogP contribution in [0.4, 0.5) is 0 Å². The Labute approximate surface area is 99.7 Å². The van der Waals surface area contributed by atoms with Gasteiger partial charge in [0.2, 0.25) is 0 Å². The van der Waals surface area contributed by atoms with E-state index in [1.807, 2.05) is 24.0 Å². The molecule has 0 atom stereocenters. The highest BCUT2D eigenvalue weighted by molar-refractivity contribution is 7.99. The van der Waals surface area contributed by atoms with Crippen LogP contribution in [0.2, 0.25) is 0 Å². The maximum atomic E-state index is 5.51. The first kappa shape index (κ1) is 11.2. The summed E-state index contributed by atoms with van der Waals surface area (Å²) >= 11 is 1.67. The van der Waals surface area contributed by atoms with Crippen molar-refractivity contribution in [2.75, 3.05) is 6.54 Å². The summed E-state index contributed by atoms with van der Waals surface area (Å²) in [5.41, 5.74) is 6.79. The van der Waals surface area contributed by atoms with Crippen molar-refractivity contribution in [3.05, 3.63) is 42.2 Å². The van der Waals surface area contributed by atoms with E-state index in [2.05, 4.69) is 29.2 Å². The number of benzene rings is 1. The number of rotatable bonds is 4. The Hall–Kier alpha value is -1.26. The average molecular weight is 233 g/mol. The monoisotopic (exact) mass is 233 g/mol. The van der Waals surface area contributed by atoms with Crippen LogP contribution >= 0.6 is 11.8 Å². The molecule has 0 saturated carbocycles. The van der Waals surface area contributed by atoms with E-state index in [9.17, 15) is 0 Å². The van der Waals surface area contributed by atoms with Crippen LogP contribution in [-0.4, -0.2) is 16.1 Å². The van der Waals surface area contributed by atoms with Crippen molar-refractivity contribution in [3.8, 4) is 0 Å². The van der Waals surface area contributed by atoms with Crippen LogP contribution in [0.3, 0.4) is 0 Å². The van der Waals surface area contributed by atoms with Gasteiger partial charge in [0.05, 0.1) is 0 Å². The van der Waals surface area contributed by atoms with Gasteiger partial charge in [-0.1, -0.05) is 23.9 Å². The molecule has 0 saturated heterocycles. The number of nitrogens with two attached hydrogens (primary N) is 1. The van der Waals surface area contributed by atoms with Gasteiger partial charge in [-0.3, -0.25) is 0 Å². The van der Waals surface area contributed by atoms with Crippen molar-refractivity contribution in [2.24, 2.45) is 12.8 Å². The fraction of sp³-hybridized carbons (Fsp3) is 0.250. The van der Waals surface area contributed by atoms with Gasteiger partial charge in [0, 0.05) is 24.3 Å².